The Balaban J connectivity index is 1.53. The number of benzene rings is 3. The molecule has 3 aromatic rings. The molecule has 3 aromatic carbocycles. The van der Waals surface area contributed by atoms with Crippen molar-refractivity contribution in [1.29, 1.82) is 0 Å². The third kappa shape index (κ3) is 6.01. The average molecular weight is 508 g/mol. The molecule has 0 amide bonds. The van der Waals surface area contributed by atoms with Crippen LogP contribution in [0.3, 0.4) is 0 Å². The smallest absolute Gasteiger partial charge is 0.175 e. The van der Waals surface area contributed by atoms with E-state index in [9.17, 15) is 17.2 Å². The van der Waals surface area contributed by atoms with Crippen molar-refractivity contribution in [3.8, 4) is 0 Å². The fraction of sp³-hybridized carbons (Fsp3) is 0.200. The topological polar surface area (TPSA) is 37.4 Å². The number of halogens is 4. The van der Waals surface area contributed by atoms with E-state index in [4.69, 9.17) is 23.2 Å². The number of likely N-dealkylation sites (tertiary alicyclic amines) is 1. The third-order valence-electron chi connectivity index (χ3n) is 5.45. The third-order valence-corrected chi connectivity index (χ3v) is 7.44. The summed E-state index contributed by atoms with van der Waals surface area (Å²) in [4.78, 5) is 2.15. The van der Waals surface area contributed by atoms with Gasteiger partial charge in [-0.05, 0) is 52.1 Å². The second-order valence-electron chi connectivity index (χ2n) is 8.10. The molecule has 33 heavy (non-hydrogen) atoms. The first kappa shape index (κ1) is 23.9. The van der Waals surface area contributed by atoms with Crippen LogP contribution in [0.25, 0.3) is 0 Å². The Labute approximate surface area is 202 Å². The highest BCUT2D eigenvalue weighted by molar-refractivity contribution is 7.93. The van der Waals surface area contributed by atoms with Gasteiger partial charge in [0.15, 0.2) is 9.84 Å². The van der Waals surface area contributed by atoms with Gasteiger partial charge in [0, 0.05) is 35.5 Å². The first-order valence-corrected chi connectivity index (χ1v) is 12.9. The van der Waals surface area contributed by atoms with Crippen LogP contribution in [0.5, 0.6) is 0 Å². The summed E-state index contributed by atoms with van der Waals surface area (Å²) in [5.74, 6) is -1.62. The molecule has 0 saturated carbocycles. The van der Waals surface area contributed by atoms with Gasteiger partial charge in [-0.25, -0.2) is 17.2 Å². The van der Waals surface area contributed by atoms with Crippen LogP contribution in [0.2, 0.25) is 5.02 Å². The van der Waals surface area contributed by atoms with Crippen molar-refractivity contribution in [2.75, 3.05) is 13.1 Å². The van der Waals surface area contributed by atoms with Gasteiger partial charge in [0.1, 0.15) is 11.6 Å². The predicted octanol–water partition coefficient (Wildman–Crippen LogP) is 6.26. The van der Waals surface area contributed by atoms with E-state index in [0.29, 0.717) is 24.0 Å². The molecule has 0 aromatic heterocycles. The minimum absolute atomic E-state index is 0.0798. The normalized spacial score (nSPS) is 15.2. The highest BCUT2D eigenvalue weighted by atomic mass is 35.5. The second kappa shape index (κ2) is 9.94. The number of nitrogens with zero attached hydrogens (tertiary/aromatic N) is 1. The first-order valence-electron chi connectivity index (χ1n) is 10.2. The van der Waals surface area contributed by atoms with E-state index in [1.54, 1.807) is 0 Å². The highest BCUT2D eigenvalue weighted by Gasteiger charge is 2.31. The summed E-state index contributed by atoms with van der Waals surface area (Å²) in [7, 11) is -3.68. The van der Waals surface area contributed by atoms with E-state index in [1.807, 2.05) is 48.5 Å². The van der Waals surface area contributed by atoms with E-state index in [-0.39, 0.29) is 11.6 Å². The Kier molecular flexibility index (Phi) is 7.19. The minimum atomic E-state index is -3.68. The van der Waals surface area contributed by atoms with Crippen molar-refractivity contribution in [3.05, 3.63) is 117 Å². The van der Waals surface area contributed by atoms with Crippen LogP contribution < -0.4 is 0 Å². The molecule has 0 N–H and O–H groups in total. The largest absolute Gasteiger partial charge is 0.284 e. The van der Waals surface area contributed by atoms with Crippen LogP contribution in [-0.2, 0) is 21.5 Å². The Bertz CT molecular complexity index is 1250. The van der Waals surface area contributed by atoms with Gasteiger partial charge in [0.05, 0.1) is 11.8 Å². The molecule has 1 aliphatic rings. The summed E-state index contributed by atoms with van der Waals surface area (Å²) in [5.41, 5.74) is 3.93. The molecule has 1 aliphatic heterocycles. The summed E-state index contributed by atoms with van der Waals surface area (Å²) in [6, 6.07) is 18.3. The SMILES string of the molecule is O=S(=O)(C=C1CN([C@@H](c2ccc(Cl)cc2)c2ccc(CCl)cc2)C1)Cc1cc(F)cc(F)c1. The van der Waals surface area contributed by atoms with Gasteiger partial charge in [0.25, 0.3) is 0 Å². The van der Waals surface area contributed by atoms with Crippen molar-refractivity contribution in [1.82, 2.24) is 4.90 Å². The Morgan fingerprint density at radius 2 is 1.42 bits per heavy atom. The number of alkyl halides is 1. The standard InChI is InChI=1S/C25H21Cl2F2NO2S/c26-12-17-1-3-20(4-2-17)25(21-5-7-22(27)8-6-21)30-13-19(14-30)16-33(31,32)15-18-9-23(28)11-24(29)10-18/h1-11,16,25H,12-15H2/t25-/m1/s1. The number of rotatable bonds is 7. The molecular weight excluding hydrogens is 487 g/mol. The predicted molar refractivity (Wildman–Crippen MR) is 128 cm³/mol. The van der Waals surface area contributed by atoms with Crippen molar-refractivity contribution in [2.45, 2.75) is 17.7 Å². The molecular formula is C25H21Cl2F2NO2S. The lowest BCUT2D eigenvalue weighted by Crippen LogP contribution is -2.43. The summed E-state index contributed by atoms with van der Waals surface area (Å²) in [6.07, 6.45) is 0. The number of hydrogen-bond acceptors (Lipinski definition) is 3. The summed E-state index contributed by atoms with van der Waals surface area (Å²) in [6.45, 7) is 0.919. The zero-order chi connectivity index (χ0) is 23.6. The molecule has 0 bridgehead atoms. The second-order valence-corrected chi connectivity index (χ2v) is 10.6. The lowest BCUT2D eigenvalue weighted by molar-refractivity contribution is 0.202. The fourth-order valence-corrected chi connectivity index (χ4v) is 5.68. The number of sulfone groups is 1. The van der Waals surface area contributed by atoms with Crippen molar-refractivity contribution in [3.63, 3.8) is 0 Å². The summed E-state index contributed by atoms with van der Waals surface area (Å²) < 4.78 is 52.0. The molecule has 0 aliphatic carbocycles. The van der Waals surface area contributed by atoms with E-state index >= 15 is 0 Å². The minimum Gasteiger partial charge on any atom is -0.284 e. The van der Waals surface area contributed by atoms with Gasteiger partial charge in [-0.15, -0.1) is 11.6 Å². The fourth-order valence-electron chi connectivity index (χ4n) is 4.00. The van der Waals surface area contributed by atoms with E-state index in [2.05, 4.69) is 4.90 Å². The first-order chi connectivity index (χ1) is 15.7. The molecule has 0 unspecified atom stereocenters. The summed E-state index contributed by atoms with van der Waals surface area (Å²) in [5, 5.41) is 1.86. The molecule has 1 saturated heterocycles. The van der Waals surface area contributed by atoms with Crippen LogP contribution in [0.1, 0.15) is 28.3 Å². The zero-order valence-corrected chi connectivity index (χ0v) is 19.8. The Morgan fingerprint density at radius 1 is 0.879 bits per heavy atom. The monoisotopic (exact) mass is 507 g/mol. The molecule has 3 nitrogen and oxygen atoms in total. The molecule has 1 heterocycles. The van der Waals surface area contributed by atoms with Gasteiger partial charge < -0.3 is 0 Å². The maximum Gasteiger partial charge on any atom is 0.175 e. The Morgan fingerprint density at radius 3 is 1.97 bits per heavy atom. The summed E-state index contributed by atoms with van der Waals surface area (Å²) >= 11 is 12.0. The highest BCUT2D eigenvalue weighted by Crippen LogP contribution is 2.35. The maximum absolute atomic E-state index is 13.4. The number of hydrogen-bond donors (Lipinski definition) is 0. The van der Waals surface area contributed by atoms with Crippen LogP contribution in [0.4, 0.5) is 8.78 Å². The van der Waals surface area contributed by atoms with Gasteiger partial charge >= 0.3 is 0 Å². The molecule has 1 fully saturated rings. The maximum atomic E-state index is 13.4. The molecule has 0 spiro atoms. The van der Waals surface area contributed by atoms with Gasteiger partial charge in [0.2, 0.25) is 0 Å². The molecule has 0 radical (unpaired) electrons. The van der Waals surface area contributed by atoms with E-state index in [1.165, 1.54) is 5.41 Å². The molecule has 1 atom stereocenters. The van der Waals surface area contributed by atoms with Crippen molar-refractivity contribution < 1.29 is 17.2 Å². The van der Waals surface area contributed by atoms with Crippen LogP contribution in [0, 0.1) is 11.6 Å². The van der Waals surface area contributed by atoms with Gasteiger partial charge in [-0.1, -0.05) is 48.0 Å². The van der Waals surface area contributed by atoms with Crippen molar-refractivity contribution >= 4 is 33.0 Å². The Hall–Kier alpha value is -2.25. The van der Waals surface area contributed by atoms with Crippen molar-refractivity contribution in [2.24, 2.45) is 0 Å². The lowest BCUT2D eigenvalue weighted by atomic mass is 9.93. The molecule has 8 heteroatoms. The van der Waals surface area contributed by atoms with Gasteiger partial charge in [-0.2, -0.15) is 0 Å². The van der Waals surface area contributed by atoms with Gasteiger partial charge in [-0.3, -0.25) is 4.90 Å². The van der Waals surface area contributed by atoms with Crippen LogP contribution in [-0.4, -0.2) is 26.4 Å². The zero-order valence-electron chi connectivity index (χ0n) is 17.5. The lowest BCUT2D eigenvalue weighted by Gasteiger charge is -2.41. The van der Waals surface area contributed by atoms with E-state index in [0.717, 1.165) is 40.5 Å². The molecule has 172 valence electrons. The quantitative estimate of drug-likeness (QED) is 0.354. The average Bonchev–Trinajstić information content (AvgIpc) is 2.72. The van der Waals surface area contributed by atoms with Crippen LogP contribution in [0.15, 0.2) is 77.7 Å². The molecule has 4 rings (SSSR count). The van der Waals surface area contributed by atoms with Crippen LogP contribution >= 0.6 is 23.2 Å². The van der Waals surface area contributed by atoms with E-state index < -0.39 is 27.2 Å².